The van der Waals surface area contributed by atoms with Gasteiger partial charge >= 0.3 is 11.9 Å². The van der Waals surface area contributed by atoms with Gasteiger partial charge in [0, 0.05) is 0 Å². The molecule has 0 aliphatic carbocycles. The molecular formula is C24H38O5S6. The molecule has 35 heavy (non-hydrogen) atoms. The second kappa shape index (κ2) is 24.0. The number of esters is 1. The fourth-order valence-electron chi connectivity index (χ4n) is 1.44. The van der Waals surface area contributed by atoms with Gasteiger partial charge in [-0.15, -0.1) is 36.4 Å². The Morgan fingerprint density at radius 3 is 1.60 bits per heavy atom. The topological polar surface area (TPSA) is 83.8 Å². The zero-order chi connectivity index (χ0) is 27.9. The molecule has 0 fully saturated rings. The van der Waals surface area contributed by atoms with Crippen LogP contribution in [0.15, 0.2) is 0 Å². The molecule has 11 heteroatoms. The molecule has 0 radical (unpaired) electrons. The molecule has 0 aliphatic heterocycles. The number of ether oxygens (including phenoxy) is 1. The number of hydrogen-bond acceptors (Lipinski definition) is 10. The van der Waals surface area contributed by atoms with E-state index < -0.39 is 15.5 Å². The van der Waals surface area contributed by atoms with Crippen molar-refractivity contribution in [3.05, 3.63) is 0 Å². The van der Waals surface area contributed by atoms with E-state index in [-0.39, 0.29) is 19.2 Å². The lowest BCUT2D eigenvalue weighted by molar-refractivity contribution is -0.144. The van der Waals surface area contributed by atoms with Crippen molar-refractivity contribution in [1.29, 1.82) is 0 Å². The van der Waals surface area contributed by atoms with Crippen LogP contribution < -0.4 is 0 Å². The predicted octanol–water partition coefficient (Wildman–Crippen LogP) is 6.51. The molecule has 0 atom stereocenters. The van der Waals surface area contributed by atoms with Crippen LogP contribution in [0.2, 0.25) is 0 Å². The van der Waals surface area contributed by atoms with Gasteiger partial charge in [-0.05, 0) is 52.0 Å². The van der Waals surface area contributed by atoms with Crippen LogP contribution in [0.25, 0.3) is 0 Å². The van der Waals surface area contributed by atoms with Crippen LogP contribution in [0.4, 0.5) is 0 Å². The van der Waals surface area contributed by atoms with Crippen molar-refractivity contribution in [2.24, 2.45) is 0 Å². The van der Waals surface area contributed by atoms with Crippen molar-refractivity contribution < 1.29 is 24.5 Å². The van der Waals surface area contributed by atoms with Crippen molar-refractivity contribution in [2.45, 2.75) is 76.7 Å². The maximum absolute atomic E-state index is 11.7. The van der Waals surface area contributed by atoms with E-state index in [9.17, 15) is 9.59 Å². The van der Waals surface area contributed by atoms with E-state index in [1.165, 1.54) is 23.5 Å². The highest BCUT2D eigenvalue weighted by molar-refractivity contribution is 8.48. The predicted molar refractivity (Wildman–Crippen MR) is 167 cm³/mol. The largest absolute Gasteiger partial charge is 0.480 e. The molecule has 0 bridgehead atoms. The molecule has 0 unspecified atom stereocenters. The summed E-state index contributed by atoms with van der Waals surface area (Å²) in [6, 6.07) is 0. The highest BCUT2D eigenvalue weighted by Gasteiger charge is 2.32. The number of carboxylic acids is 1. The fraction of sp³-hybridized carbons (Fsp3) is 0.667. The molecule has 0 spiro atoms. The van der Waals surface area contributed by atoms with E-state index in [4.69, 9.17) is 45.8 Å². The Balaban J connectivity index is -0.000000514. The summed E-state index contributed by atoms with van der Waals surface area (Å²) in [6.45, 7) is 11.1. The second-order valence-corrected chi connectivity index (χ2v) is 15.4. The number of aliphatic carboxylic acids is 1. The van der Waals surface area contributed by atoms with Gasteiger partial charge in [0.2, 0.25) is 0 Å². The zero-order valence-electron chi connectivity index (χ0n) is 21.4. The summed E-state index contributed by atoms with van der Waals surface area (Å²) in [6.07, 6.45) is 14.1. The monoisotopic (exact) mass is 598 g/mol. The summed E-state index contributed by atoms with van der Waals surface area (Å²) in [4.78, 5) is 22.5. The molecule has 0 saturated heterocycles. The van der Waals surface area contributed by atoms with Gasteiger partial charge in [0.05, 0.1) is 0 Å². The van der Waals surface area contributed by atoms with Crippen molar-refractivity contribution in [3.8, 4) is 24.7 Å². The number of aliphatic hydroxyl groups excluding tert-OH is 1. The normalized spacial score (nSPS) is 10.3. The first kappa shape index (κ1) is 39.1. The molecule has 0 aromatic carbocycles. The van der Waals surface area contributed by atoms with Gasteiger partial charge in [0.25, 0.3) is 0 Å². The number of hydrogen-bond donors (Lipinski definition) is 2. The molecule has 0 aromatic heterocycles. The van der Waals surface area contributed by atoms with Crippen molar-refractivity contribution in [3.63, 3.8) is 0 Å². The van der Waals surface area contributed by atoms with Gasteiger partial charge in [0.1, 0.15) is 23.2 Å². The van der Waals surface area contributed by atoms with E-state index in [2.05, 4.69) is 26.2 Å². The highest BCUT2D eigenvalue weighted by atomic mass is 32.2. The number of carboxylic acid groups (broad SMARTS) is 1. The lowest BCUT2D eigenvalue weighted by Gasteiger charge is -2.21. The molecule has 0 aromatic rings. The average Bonchev–Trinajstić information content (AvgIpc) is 2.77. The quantitative estimate of drug-likeness (QED) is 0.118. The first-order chi connectivity index (χ1) is 16.2. The first-order valence-corrected chi connectivity index (χ1v) is 15.3. The lowest BCUT2D eigenvalue weighted by atomic mass is 10.2. The number of terminal acetylenes is 2. The minimum atomic E-state index is -0.819. The third-order valence-electron chi connectivity index (χ3n) is 3.50. The number of unbranched alkanes of at least 4 members (excludes halogenated alkanes) is 2. The fourth-order valence-corrected chi connectivity index (χ4v) is 7.68. The number of carbonyl (C=O) groups is 2. The van der Waals surface area contributed by atoms with Crippen LogP contribution in [-0.2, 0) is 14.3 Å². The summed E-state index contributed by atoms with van der Waals surface area (Å²) < 4.78 is 4.94. The van der Waals surface area contributed by atoms with Gasteiger partial charge in [-0.25, -0.2) is 0 Å². The standard InChI is InChI=1S/C12H18O2S3.C9H16O2S3.C3H4O/c1-5-7-9-16-11(15)17-12(3,4)10(13)14-8-6-2;1-4-5-6-13-8(12)14-9(2,3)7(10)11;1-2-3-4/h2H,5,7-9H2,1,3-4H3;4-6H2,1-3H3,(H,10,11);1,4H,3H2. The lowest BCUT2D eigenvalue weighted by Crippen LogP contribution is -2.31. The Labute approximate surface area is 239 Å². The summed E-state index contributed by atoms with van der Waals surface area (Å²) in [5, 5.41) is 16.5. The Morgan fingerprint density at radius 2 is 1.29 bits per heavy atom. The number of thioether (sulfide) groups is 4. The Kier molecular flexibility index (Phi) is 26.8. The summed E-state index contributed by atoms with van der Waals surface area (Å²) in [5.74, 6) is 5.10. The third-order valence-corrected chi connectivity index (χ3v) is 9.06. The Morgan fingerprint density at radius 1 is 0.886 bits per heavy atom. The summed E-state index contributed by atoms with van der Waals surface area (Å²) in [7, 11) is 0. The van der Waals surface area contributed by atoms with Gasteiger partial charge in [0.15, 0.2) is 6.61 Å². The van der Waals surface area contributed by atoms with Crippen molar-refractivity contribution in [2.75, 3.05) is 24.7 Å². The second-order valence-electron chi connectivity index (χ2n) is 7.58. The third kappa shape index (κ3) is 25.0. The Hall–Kier alpha value is -0.400. The van der Waals surface area contributed by atoms with E-state index in [1.54, 1.807) is 51.2 Å². The summed E-state index contributed by atoms with van der Waals surface area (Å²) >= 11 is 16.1. The SMILES string of the molecule is C#CCO.C#CCOC(=O)C(C)(C)SC(=S)SCCCC.CCCCSC(=S)SC(C)(C)C(=O)O. The highest BCUT2D eigenvalue weighted by Crippen LogP contribution is 2.32. The summed E-state index contributed by atoms with van der Waals surface area (Å²) in [5.41, 5.74) is 0. The van der Waals surface area contributed by atoms with Gasteiger partial charge in [-0.2, -0.15) is 0 Å². The smallest absolute Gasteiger partial charge is 0.323 e. The van der Waals surface area contributed by atoms with Crippen LogP contribution in [0, 0.1) is 24.7 Å². The number of aliphatic hydroxyl groups is 1. The van der Waals surface area contributed by atoms with Crippen LogP contribution in [0.1, 0.15) is 67.2 Å². The van der Waals surface area contributed by atoms with Crippen LogP contribution >= 0.6 is 71.5 Å². The molecule has 0 aliphatic rings. The molecule has 0 amide bonds. The zero-order valence-corrected chi connectivity index (χ0v) is 26.3. The minimum Gasteiger partial charge on any atom is -0.480 e. The number of thiocarbonyl (C=S) groups is 2. The molecule has 0 heterocycles. The van der Waals surface area contributed by atoms with Crippen LogP contribution in [0.3, 0.4) is 0 Å². The molecule has 0 rings (SSSR count). The van der Waals surface area contributed by atoms with Crippen molar-refractivity contribution in [1.82, 2.24) is 0 Å². The van der Waals surface area contributed by atoms with Crippen LogP contribution in [0.5, 0.6) is 0 Å². The Bertz CT molecular complexity index is 723. The molecule has 0 saturated carbocycles. The molecular weight excluding hydrogens is 561 g/mol. The maximum atomic E-state index is 11.7. The van der Waals surface area contributed by atoms with E-state index in [1.807, 2.05) is 5.92 Å². The van der Waals surface area contributed by atoms with Crippen molar-refractivity contribution >= 4 is 90.5 Å². The average molecular weight is 599 g/mol. The molecule has 2 N–H and O–H groups in total. The number of carbonyl (C=O) groups excluding carboxylic acids is 1. The van der Waals surface area contributed by atoms with E-state index in [0.717, 1.165) is 44.2 Å². The van der Waals surface area contributed by atoms with E-state index >= 15 is 0 Å². The molecule has 200 valence electrons. The van der Waals surface area contributed by atoms with Gasteiger partial charge in [-0.1, -0.05) is 86.5 Å². The van der Waals surface area contributed by atoms with Gasteiger partial charge in [-0.3, -0.25) is 9.59 Å². The minimum absolute atomic E-state index is 0.0125. The van der Waals surface area contributed by atoms with Gasteiger partial charge < -0.3 is 14.9 Å². The maximum Gasteiger partial charge on any atom is 0.323 e. The first-order valence-electron chi connectivity index (χ1n) is 10.8. The molecule has 5 nitrogen and oxygen atoms in total. The number of rotatable bonds is 11. The van der Waals surface area contributed by atoms with Crippen LogP contribution in [-0.4, -0.2) is 63.4 Å². The van der Waals surface area contributed by atoms with E-state index in [0.29, 0.717) is 0 Å².